The lowest BCUT2D eigenvalue weighted by molar-refractivity contribution is -0.142. The van der Waals surface area contributed by atoms with Gasteiger partial charge in [0.1, 0.15) is 11.8 Å². The molecule has 0 saturated carbocycles. The number of carbonyl (C=O) groups is 2. The largest absolute Gasteiger partial charge is 0.492 e. The molecule has 0 bridgehead atoms. The molecule has 1 rings (SSSR count). The SMILES string of the molecule is CCOc1cc(C(=O)N[C@@H](CCSC)C(=O)OC)ccc1N. The van der Waals surface area contributed by atoms with Gasteiger partial charge in [0.2, 0.25) is 0 Å². The first-order chi connectivity index (χ1) is 10.5. The summed E-state index contributed by atoms with van der Waals surface area (Å²) in [7, 11) is 1.30. The third-order valence-corrected chi connectivity index (χ3v) is 3.62. The van der Waals surface area contributed by atoms with Gasteiger partial charge in [-0.3, -0.25) is 4.79 Å². The summed E-state index contributed by atoms with van der Waals surface area (Å²) in [4.78, 5) is 24.0. The van der Waals surface area contributed by atoms with Crippen LogP contribution in [-0.2, 0) is 9.53 Å². The fraction of sp³-hybridized carbons (Fsp3) is 0.467. The van der Waals surface area contributed by atoms with E-state index >= 15 is 0 Å². The second kappa shape index (κ2) is 9.19. The minimum absolute atomic E-state index is 0.363. The van der Waals surface area contributed by atoms with Crippen molar-refractivity contribution in [3.8, 4) is 5.75 Å². The molecule has 0 aliphatic carbocycles. The Morgan fingerprint density at radius 1 is 1.41 bits per heavy atom. The van der Waals surface area contributed by atoms with Crippen molar-refractivity contribution < 1.29 is 19.1 Å². The van der Waals surface area contributed by atoms with E-state index in [0.29, 0.717) is 30.0 Å². The molecule has 0 unspecified atom stereocenters. The van der Waals surface area contributed by atoms with Crippen LogP contribution in [0.15, 0.2) is 18.2 Å². The van der Waals surface area contributed by atoms with Crippen LogP contribution >= 0.6 is 11.8 Å². The smallest absolute Gasteiger partial charge is 0.328 e. The summed E-state index contributed by atoms with van der Waals surface area (Å²) in [6, 6.07) is 4.10. The van der Waals surface area contributed by atoms with Gasteiger partial charge in [-0.1, -0.05) is 0 Å². The number of ether oxygens (including phenoxy) is 2. The normalized spacial score (nSPS) is 11.6. The van der Waals surface area contributed by atoms with Crippen LogP contribution in [0.2, 0.25) is 0 Å². The van der Waals surface area contributed by atoms with Crippen molar-refractivity contribution >= 4 is 29.3 Å². The average molecular weight is 326 g/mol. The van der Waals surface area contributed by atoms with E-state index in [1.54, 1.807) is 30.0 Å². The topological polar surface area (TPSA) is 90.6 Å². The van der Waals surface area contributed by atoms with Crippen molar-refractivity contribution in [2.45, 2.75) is 19.4 Å². The van der Waals surface area contributed by atoms with E-state index in [9.17, 15) is 9.59 Å². The maximum Gasteiger partial charge on any atom is 0.328 e. The van der Waals surface area contributed by atoms with Crippen molar-refractivity contribution in [2.24, 2.45) is 0 Å². The van der Waals surface area contributed by atoms with Crippen LogP contribution in [0.3, 0.4) is 0 Å². The first-order valence-electron chi connectivity index (χ1n) is 6.93. The molecule has 0 saturated heterocycles. The molecule has 1 amide bonds. The Kier molecular flexibility index (Phi) is 7.59. The van der Waals surface area contributed by atoms with Gasteiger partial charge in [-0.15, -0.1) is 0 Å². The van der Waals surface area contributed by atoms with Gasteiger partial charge in [-0.2, -0.15) is 11.8 Å². The van der Waals surface area contributed by atoms with E-state index in [-0.39, 0.29) is 5.91 Å². The number of hydrogen-bond acceptors (Lipinski definition) is 6. The molecule has 1 atom stereocenters. The molecule has 22 heavy (non-hydrogen) atoms. The van der Waals surface area contributed by atoms with Gasteiger partial charge in [0.25, 0.3) is 5.91 Å². The number of thioether (sulfide) groups is 1. The van der Waals surface area contributed by atoms with Gasteiger partial charge >= 0.3 is 5.97 Å². The highest BCUT2D eigenvalue weighted by atomic mass is 32.2. The van der Waals surface area contributed by atoms with Crippen LogP contribution in [0.5, 0.6) is 5.75 Å². The summed E-state index contributed by atoms with van der Waals surface area (Å²) in [6.45, 7) is 2.29. The molecular weight excluding hydrogens is 304 g/mol. The van der Waals surface area contributed by atoms with E-state index in [2.05, 4.69) is 5.32 Å². The predicted molar refractivity (Wildman–Crippen MR) is 88.3 cm³/mol. The molecule has 3 N–H and O–H groups in total. The van der Waals surface area contributed by atoms with Crippen LogP contribution in [-0.4, -0.2) is 43.6 Å². The number of esters is 1. The van der Waals surface area contributed by atoms with Crippen molar-refractivity contribution in [1.29, 1.82) is 0 Å². The highest BCUT2D eigenvalue weighted by molar-refractivity contribution is 7.98. The van der Waals surface area contributed by atoms with E-state index < -0.39 is 12.0 Å². The second-order valence-corrected chi connectivity index (χ2v) is 5.50. The Labute approximate surface area is 134 Å². The molecule has 1 aromatic rings. The van der Waals surface area contributed by atoms with E-state index in [1.807, 2.05) is 13.2 Å². The summed E-state index contributed by atoms with van der Waals surface area (Å²) in [5.41, 5.74) is 6.63. The molecule has 0 fully saturated rings. The Hall–Kier alpha value is -1.89. The number of rotatable bonds is 8. The van der Waals surface area contributed by atoms with Gasteiger partial charge in [-0.05, 0) is 43.6 Å². The maximum absolute atomic E-state index is 12.3. The first kappa shape index (κ1) is 18.2. The van der Waals surface area contributed by atoms with E-state index in [4.69, 9.17) is 15.2 Å². The molecule has 0 aliphatic heterocycles. The Morgan fingerprint density at radius 3 is 2.73 bits per heavy atom. The van der Waals surface area contributed by atoms with E-state index in [0.717, 1.165) is 5.75 Å². The molecule has 0 aliphatic rings. The third kappa shape index (κ3) is 5.14. The predicted octanol–water partition coefficient (Wildman–Crippen LogP) is 1.69. The molecule has 0 aromatic heterocycles. The van der Waals surface area contributed by atoms with Gasteiger partial charge in [-0.25, -0.2) is 4.79 Å². The van der Waals surface area contributed by atoms with Crippen molar-refractivity contribution in [3.05, 3.63) is 23.8 Å². The molecule has 0 heterocycles. The van der Waals surface area contributed by atoms with Gasteiger partial charge in [0.15, 0.2) is 0 Å². The van der Waals surface area contributed by atoms with Crippen LogP contribution in [0.4, 0.5) is 5.69 Å². The Morgan fingerprint density at radius 2 is 2.14 bits per heavy atom. The standard InChI is InChI=1S/C15H22N2O4S/c1-4-21-13-9-10(5-6-11(13)16)14(18)17-12(7-8-22-3)15(19)20-2/h5-6,9,12H,4,7-8,16H2,1-3H3,(H,17,18)/t12-/m0/s1. The Balaban J connectivity index is 2.84. The van der Waals surface area contributed by atoms with Crippen LogP contribution in [0.1, 0.15) is 23.7 Å². The highest BCUT2D eigenvalue weighted by Crippen LogP contribution is 2.22. The molecule has 7 heteroatoms. The number of benzene rings is 1. The van der Waals surface area contributed by atoms with Gasteiger partial charge in [0, 0.05) is 5.56 Å². The van der Waals surface area contributed by atoms with Crippen LogP contribution in [0.25, 0.3) is 0 Å². The molecule has 0 radical (unpaired) electrons. The lowest BCUT2D eigenvalue weighted by Crippen LogP contribution is -2.41. The summed E-state index contributed by atoms with van der Waals surface area (Å²) in [5, 5.41) is 2.68. The zero-order valence-corrected chi connectivity index (χ0v) is 13.9. The number of hydrogen-bond donors (Lipinski definition) is 2. The molecule has 0 spiro atoms. The fourth-order valence-corrected chi connectivity index (χ4v) is 2.30. The average Bonchev–Trinajstić information content (AvgIpc) is 2.52. The number of carbonyl (C=O) groups excluding carboxylic acids is 2. The summed E-state index contributed by atoms with van der Waals surface area (Å²) >= 11 is 1.60. The fourth-order valence-electron chi connectivity index (χ4n) is 1.82. The first-order valence-corrected chi connectivity index (χ1v) is 8.32. The van der Waals surface area contributed by atoms with Crippen LogP contribution in [0, 0.1) is 0 Å². The van der Waals surface area contributed by atoms with Gasteiger partial charge in [0.05, 0.1) is 19.4 Å². The monoisotopic (exact) mass is 326 g/mol. The quantitative estimate of drug-likeness (QED) is 0.558. The maximum atomic E-state index is 12.3. The van der Waals surface area contributed by atoms with E-state index in [1.165, 1.54) is 7.11 Å². The van der Waals surface area contributed by atoms with Crippen molar-refractivity contribution in [3.63, 3.8) is 0 Å². The Bertz CT molecular complexity index is 522. The van der Waals surface area contributed by atoms with Gasteiger partial charge < -0.3 is 20.5 Å². The summed E-state index contributed by atoms with van der Waals surface area (Å²) in [6.07, 6.45) is 2.44. The minimum Gasteiger partial charge on any atom is -0.492 e. The molecule has 6 nitrogen and oxygen atoms in total. The van der Waals surface area contributed by atoms with Crippen molar-refractivity contribution in [2.75, 3.05) is 31.5 Å². The number of amides is 1. The molecule has 122 valence electrons. The number of methoxy groups -OCH3 is 1. The minimum atomic E-state index is -0.668. The highest BCUT2D eigenvalue weighted by Gasteiger charge is 2.22. The molecular formula is C15H22N2O4S. The number of anilines is 1. The summed E-state index contributed by atoms with van der Waals surface area (Å²) in [5.74, 6) is 0.376. The zero-order chi connectivity index (χ0) is 16.5. The third-order valence-electron chi connectivity index (χ3n) is 2.98. The van der Waals surface area contributed by atoms with Crippen LogP contribution < -0.4 is 15.8 Å². The second-order valence-electron chi connectivity index (χ2n) is 4.52. The lowest BCUT2D eigenvalue weighted by Gasteiger charge is -2.16. The number of nitrogens with two attached hydrogens (primary N) is 1. The number of nitrogens with one attached hydrogen (secondary N) is 1. The number of nitrogen functional groups attached to an aromatic ring is 1. The molecule has 1 aromatic carbocycles. The summed E-state index contributed by atoms with van der Waals surface area (Å²) < 4.78 is 10.1. The lowest BCUT2D eigenvalue weighted by atomic mass is 10.1. The van der Waals surface area contributed by atoms with Crippen molar-refractivity contribution in [1.82, 2.24) is 5.32 Å². The zero-order valence-electron chi connectivity index (χ0n) is 13.0.